The molecule has 12 heavy (non-hydrogen) atoms. The van der Waals surface area contributed by atoms with Crippen LogP contribution in [-0.4, -0.2) is 19.8 Å². The molecule has 0 aliphatic heterocycles. The van der Waals surface area contributed by atoms with Gasteiger partial charge in [-0.2, -0.15) is 0 Å². The molecule has 1 unspecified atom stereocenters. The maximum Gasteiger partial charge on any atom is 0 e. The monoisotopic (exact) mass is 224 g/mol. The van der Waals surface area contributed by atoms with Gasteiger partial charge in [0, 0.05) is 19.8 Å². The van der Waals surface area contributed by atoms with Gasteiger partial charge >= 0.3 is 0 Å². The van der Waals surface area contributed by atoms with E-state index in [-0.39, 0.29) is 19.8 Å². The van der Waals surface area contributed by atoms with Crippen LogP contribution in [-0.2, 0) is 0 Å². The van der Waals surface area contributed by atoms with Crippen molar-refractivity contribution in [2.24, 2.45) is 5.92 Å². The molecular formula is C10H19GaO-. The zero-order valence-corrected chi connectivity index (χ0v) is 10.9. The Morgan fingerprint density at radius 2 is 1.75 bits per heavy atom. The minimum absolute atomic E-state index is 0. The molecule has 1 nitrogen and oxygen atoms in total. The van der Waals surface area contributed by atoms with E-state index in [9.17, 15) is 5.11 Å². The normalized spacial score (nSPS) is 18.8. The van der Waals surface area contributed by atoms with Gasteiger partial charge in [-0.15, -0.1) is 5.76 Å². The van der Waals surface area contributed by atoms with Crippen molar-refractivity contribution in [3.05, 3.63) is 25.7 Å². The third-order valence-corrected chi connectivity index (χ3v) is 1.43. The summed E-state index contributed by atoms with van der Waals surface area (Å²) in [6.07, 6.45) is 3.85. The van der Waals surface area contributed by atoms with E-state index >= 15 is 0 Å². The quantitative estimate of drug-likeness (QED) is 0.578. The van der Waals surface area contributed by atoms with Crippen molar-refractivity contribution >= 4 is 19.8 Å². The molecule has 0 heterocycles. The summed E-state index contributed by atoms with van der Waals surface area (Å²) in [6.45, 7) is 12.0. The van der Waals surface area contributed by atoms with Crippen molar-refractivity contribution in [3.8, 4) is 0 Å². The molecule has 0 spiro atoms. The Morgan fingerprint density at radius 1 is 1.33 bits per heavy atom. The largest absolute Gasteiger partial charge is 0.875 e. The second-order valence-corrected chi connectivity index (χ2v) is 2.08. The van der Waals surface area contributed by atoms with Crippen LogP contribution in [0.15, 0.2) is 11.8 Å². The molecule has 1 atom stereocenters. The van der Waals surface area contributed by atoms with Gasteiger partial charge in [0.25, 0.3) is 0 Å². The average Bonchev–Trinajstić information content (AvgIpc) is 2.44. The second kappa shape index (κ2) is 13.7. The number of hydrogen-bond donors (Lipinski definition) is 0. The summed E-state index contributed by atoms with van der Waals surface area (Å²) >= 11 is 0. The van der Waals surface area contributed by atoms with Crippen LogP contribution >= 0.6 is 0 Å². The van der Waals surface area contributed by atoms with Gasteiger partial charge in [-0.3, -0.25) is 0 Å². The van der Waals surface area contributed by atoms with Crippen molar-refractivity contribution in [2.75, 3.05) is 0 Å². The third-order valence-electron chi connectivity index (χ3n) is 1.43. The van der Waals surface area contributed by atoms with E-state index in [4.69, 9.17) is 0 Å². The fourth-order valence-corrected chi connectivity index (χ4v) is 0.819. The molecular weight excluding hydrogens is 206 g/mol. The van der Waals surface area contributed by atoms with Crippen LogP contribution in [0.1, 0.15) is 33.6 Å². The smallest absolute Gasteiger partial charge is 0 e. The van der Waals surface area contributed by atoms with Gasteiger partial charge in [-0.1, -0.05) is 40.7 Å². The number of hydrogen-bond acceptors (Lipinski definition) is 1. The molecule has 0 fully saturated rings. The van der Waals surface area contributed by atoms with Crippen LogP contribution in [0, 0.1) is 19.8 Å². The van der Waals surface area contributed by atoms with Gasteiger partial charge in [0.15, 0.2) is 0 Å². The molecule has 1 rings (SSSR count). The van der Waals surface area contributed by atoms with Crippen LogP contribution in [0.4, 0.5) is 0 Å². The molecule has 0 amide bonds. The molecule has 0 aromatic heterocycles. The topological polar surface area (TPSA) is 23.1 Å². The molecule has 5 radical (unpaired) electrons. The predicted molar refractivity (Wildman–Crippen MR) is 54.3 cm³/mol. The minimum atomic E-state index is 0. The van der Waals surface area contributed by atoms with E-state index in [2.05, 4.69) is 13.8 Å². The Hall–Kier alpha value is 0.176. The van der Waals surface area contributed by atoms with E-state index in [1.54, 1.807) is 19.9 Å². The summed E-state index contributed by atoms with van der Waals surface area (Å²) in [5, 5.41) is 10.5. The molecule has 0 saturated heterocycles. The van der Waals surface area contributed by atoms with Crippen molar-refractivity contribution in [1.29, 1.82) is 0 Å². The third kappa shape index (κ3) is 8.27. The first-order chi connectivity index (χ1) is 5.30. The van der Waals surface area contributed by atoms with Crippen LogP contribution in [0.25, 0.3) is 0 Å². The fraction of sp³-hybridized carbons (Fsp3) is 0.600. The maximum absolute atomic E-state index is 10.5. The first kappa shape index (κ1) is 18.1. The first-order valence-corrected chi connectivity index (χ1v) is 4.09. The minimum Gasteiger partial charge on any atom is -0.875 e. The SMILES string of the molecule is CC1CCC=C1[O-].[CH2]C.[CH2]C.[Ga]. The van der Waals surface area contributed by atoms with Crippen molar-refractivity contribution < 1.29 is 5.11 Å². The predicted octanol–water partition coefficient (Wildman–Crippen LogP) is 1.96. The number of allylic oxidation sites excluding steroid dienone is 2. The summed E-state index contributed by atoms with van der Waals surface area (Å²) in [7, 11) is 0. The average molecular weight is 225 g/mol. The zero-order chi connectivity index (χ0) is 9.28. The van der Waals surface area contributed by atoms with E-state index < -0.39 is 0 Å². The van der Waals surface area contributed by atoms with Crippen molar-refractivity contribution in [3.63, 3.8) is 0 Å². The Kier molecular flexibility index (Phi) is 20.7. The number of rotatable bonds is 0. The standard InChI is InChI=1S/C6H10O.2C2H5.Ga/c1-5-3-2-4-6(5)7;2*1-2;/h4-5,7H,2-3H2,1H3;2*1H2,2H3;/p-1. The van der Waals surface area contributed by atoms with Crippen molar-refractivity contribution in [2.45, 2.75) is 33.6 Å². The van der Waals surface area contributed by atoms with Crippen LogP contribution in [0.5, 0.6) is 0 Å². The van der Waals surface area contributed by atoms with E-state index in [0.717, 1.165) is 12.8 Å². The summed E-state index contributed by atoms with van der Waals surface area (Å²) in [5.74, 6) is 0.653. The van der Waals surface area contributed by atoms with E-state index in [1.165, 1.54) is 0 Å². The molecule has 0 N–H and O–H groups in total. The van der Waals surface area contributed by atoms with Gasteiger partial charge in [-0.25, -0.2) is 0 Å². The zero-order valence-electron chi connectivity index (χ0n) is 8.47. The first-order valence-electron chi connectivity index (χ1n) is 4.09. The molecule has 2 heteroatoms. The Morgan fingerprint density at radius 3 is 1.83 bits per heavy atom. The van der Waals surface area contributed by atoms with Gasteiger partial charge in [0.1, 0.15) is 0 Å². The van der Waals surface area contributed by atoms with Crippen LogP contribution in [0.2, 0.25) is 0 Å². The molecule has 0 bridgehead atoms. The maximum atomic E-state index is 10.5. The van der Waals surface area contributed by atoms with Crippen LogP contribution in [0.3, 0.4) is 0 Å². The van der Waals surface area contributed by atoms with Gasteiger partial charge in [0.05, 0.1) is 0 Å². The molecule has 1 aliphatic carbocycles. The summed E-state index contributed by atoms with van der Waals surface area (Å²) < 4.78 is 0. The van der Waals surface area contributed by atoms with E-state index in [0.29, 0.717) is 11.7 Å². The summed E-state index contributed by atoms with van der Waals surface area (Å²) in [6, 6.07) is 0. The summed E-state index contributed by atoms with van der Waals surface area (Å²) in [5.41, 5.74) is 0. The Bertz CT molecular complexity index is 100. The van der Waals surface area contributed by atoms with E-state index in [1.807, 2.05) is 6.92 Å². The Labute approximate surface area is 90.3 Å². The fourth-order valence-electron chi connectivity index (χ4n) is 0.819. The second-order valence-electron chi connectivity index (χ2n) is 2.08. The van der Waals surface area contributed by atoms with Crippen molar-refractivity contribution in [1.82, 2.24) is 0 Å². The van der Waals surface area contributed by atoms with Gasteiger partial charge in [0.2, 0.25) is 0 Å². The summed E-state index contributed by atoms with van der Waals surface area (Å²) in [4.78, 5) is 0. The Balaban J connectivity index is -0.000000144. The molecule has 0 saturated carbocycles. The molecule has 69 valence electrons. The molecule has 0 aromatic carbocycles. The van der Waals surface area contributed by atoms with Gasteiger partial charge < -0.3 is 5.11 Å². The van der Waals surface area contributed by atoms with Crippen LogP contribution < -0.4 is 5.11 Å². The molecule has 0 aromatic rings. The van der Waals surface area contributed by atoms with Gasteiger partial charge in [-0.05, 0) is 18.8 Å². The molecule has 1 aliphatic rings.